The average molecular weight is 199 g/mol. The SMILES string of the molecule is CC(C)OC(=O)C(=O)C1CCCN1C. The molecule has 1 unspecified atom stereocenters. The molecule has 0 amide bonds. The number of carbonyl (C=O) groups is 2. The average Bonchev–Trinajstić information content (AvgIpc) is 2.48. The maximum atomic E-state index is 11.6. The van der Waals surface area contributed by atoms with Crippen molar-refractivity contribution in [3.63, 3.8) is 0 Å². The van der Waals surface area contributed by atoms with E-state index in [9.17, 15) is 9.59 Å². The Kier molecular flexibility index (Phi) is 3.63. The van der Waals surface area contributed by atoms with E-state index in [1.54, 1.807) is 13.8 Å². The van der Waals surface area contributed by atoms with Crippen LogP contribution in [0.25, 0.3) is 0 Å². The third-order valence-corrected chi connectivity index (χ3v) is 2.37. The van der Waals surface area contributed by atoms with Gasteiger partial charge in [-0.2, -0.15) is 0 Å². The third-order valence-electron chi connectivity index (χ3n) is 2.37. The predicted molar refractivity (Wildman–Crippen MR) is 51.9 cm³/mol. The zero-order chi connectivity index (χ0) is 10.7. The fourth-order valence-corrected chi connectivity index (χ4v) is 1.65. The minimum Gasteiger partial charge on any atom is -0.457 e. The Hall–Kier alpha value is -0.900. The van der Waals surface area contributed by atoms with Gasteiger partial charge in [-0.05, 0) is 40.3 Å². The molecule has 4 heteroatoms. The van der Waals surface area contributed by atoms with E-state index in [0.29, 0.717) is 0 Å². The lowest BCUT2D eigenvalue weighted by Crippen LogP contribution is -2.39. The van der Waals surface area contributed by atoms with E-state index in [2.05, 4.69) is 0 Å². The number of hydrogen-bond acceptors (Lipinski definition) is 4. The third kappa shape index (κ3) is 2.54. The minimum atomic E-state index is -0.696. The molecular weight excluding hydrogens is 182 g/mol. The second-order valence-corrected chi connectivity index (χ2v) is 3.96. The van der Waals surface area contributed by atoms with Gasteiger partial charge in [0, 0.05) is 0 Å². The van der Waals surface area contributed by atoms with Gasteiger partial charge in [-0.3, -0.25) is 9.69 Å². The van der Waals surface area contributed by atoms with Gasteiger partial charge in [-0.1, -0.05) is 0 Å². The molecule has 1 fully saturated rings. The molecule has 0 spiro atoms. The smallest absolute Gasteiger partial charge is 0.376 e. The first-order valence-electron chi connectivity index (χ1n) is 4.97. The first-order valence-corrected chi connectivity index (χ1v) is 4.97. The monoisotopic (exact) mass is 199 g/mol. The molecule has 1 rings (SSSR count). The quantitative estimate of drug-likeness (QED) is 0.493. The molecule has 0 bridgehead atoms. The van der Waals surface area contributed by atoms with Crippen molar-refractivity contribution in [2.75, 3.05) is 13.6 Å². The van der Waals surface area contributed by atoms with E-state index in [0.717, 1.165) is 19.4 Å². The van der Waals surface area contributed by atoms with Crippen molar-refractivity contribution in [2.45, 2.75) is 38.8 Å². The number of ether oxygens (including phenoxy) is 1. The summed E-state index contributed by atoms with van der Waals surface area (Å²) in [6, 6.07) is -0.263. The number of nitrogens with zero attached hydrogens (tertiary/aromatic N) is 1. The first kappa shape index (κ1) is 11.2. The standard InChI is InChI=1S/C10H17NO3/c1-7(2)14-10(13)9(12)8-5-4-6-11(8)3/h7-8H,4-6H2,1-3H3. The van der Waals surface area contributed by atoms with Crippen LogP contribution in [0.1, 0.15) is 26.7 Å². The van der Waals surface area contributed by atoms with Crippen LogP contribution in [0.15, 0.2) is 0 Å². The zero-order valence-electron chi connectivity index (χ0n) is 8.95. The van der Waals surface area contributed by atoms with Gasteiger partial charge in [0.05, 0.1) is 12.1 Å². The van der Waals surface area contributed by atoms with Crippen LogP contribution in [0.4, 0.5) is 0 Å². The predicted octanol–water partition coefficient (Wildman–Crippen LogP) is 0.601. The van der Waals surface area contributed by atoms with Gasteiger partial charge in [-0.25, -0.2) is 4.79 Å². The Morgan fingerprint density at radius 1 is 1.43 bits per heavy atom. The van der Waals surface area contributed by atoms with Gasteiger partial charge in [0.25, 0.3) is 5.78 Å². The van der Waals surface area contributed by atoms with Gasteiger partial charge in [-0.15, -0.1) is 0 Å². The number of likely N-dealkylation sites (N-methyl/N-ethyl adjacent to an activating group) is 1. The summed E-state index contributed by atoms with van der Waals surface area (Å²) < 4.78 is 4.86. The molecule has 0 radical (unpaired) electrons. The summed E-state index contributed by atoms with van der Waals surface area (Å²) in [6.07, 6.45) is 1.52. The van der Waals surface area contributed by atoms with E-state index < -0.39 is 11.8 Å². The molecule has 1 aliphatic heterocycles. The molecule has 14 heavy (non-hydrogen) atoms. The zero-order valence-corrected chi connectivity index (χ0v) is 8.95. The van der Waals surface area contributed by atoms with Crippen molar-refractivity contribution in [1.82, 2.24) is 4.90 Å². The van der Waals surface area contributed by atoms with Gasteiger partial charge in [0.15, 0.2) is 0 Å². The van der Waals surface area contributed by atoms with Crippen molar-refractivity contribution < 1.29 is 14.3 Å². The second-order valence-electron chi connectivity index (χ2n) is 3.96. The Balaban J connectivity index is 2.52. The van der Waals surface area contributed by atoms with E-state index >= 15 is 0 Å². The fraction of sp³-hybridized carbons (Fsp3) is 0.800. The van der Waals surface area contributed by atoms with E-state index in [-0.39, 0.29) is 12.1 Å². The van der Waals surface area contributed by atoms with Gasteiger partial charge in [0.1, 0.15) is 0 Å². The Morgan fingerprint density at radius 2 is 2.07 bits per heavy atom. The summed E-state index contributed by atoms with van der Waals surface area (Å²) >= 11 is 0. The highest BCUT2D eigenvalue weighted by atomic mass is 16.5. The lowest BCUT2D eigenvalue weighted by molar-refractivity contribution is -0.158. The van der Waals surface area contributed by atoms with Crippen molar-refractivity contribution in [3.8, 4) is 0 Å². The molecule has 0 aromatic carbocycles. The number of carbonyl (C=O) groups excluding carboxylic acids is 2. The van der Waals surface area contributed by atoms with Gasteiger partial charge < -0.3 is 4.74 Å². The molecule has 0 aliphatic carbocycles. The number of Topliss-reactive ketones (excluding diaryl/α,β-unsaturated/α-hetero) is 1. The topological polar surface area (TPSA) is 46.6 Å². The molecule has 80 valence electrons. The van der Waals surface area contributed by atoms with Crippen LogP contribution < -0.4 is 0 Å². The van der Waals surface area contributed by atoms with Crippen LogP contribution in [-0.4, -0.2) is 42.4 Å². The molecule has 4 nitrogen and oxygen atoms in total. The van der Waals surface area contributed by atoms with Crippen molar-refractivity contribution >= 4 is 11.8 Å². The Bertz CT molecular complexity index is 238. The molecule has 1 atom stereocenters. The largest absolute Gasteiger partial charge is 0.457 e. The van der Waals surface area contributed by atoms with Crippen molar-refractivity contribution in [2.24, 2.45) is 0 Å². The summed E-state index contributed by atoms with van der Waals surface area (Å²) in [5, 5.41) is 0. The van der Waals surface area contributed by atoms with Gasteiger partial charge in [0.2, 0.25) is 0 Å². The lowest BCUT2D eigenvalue weighted by Gasteiger charge is -2.17. The fourth-order valence-electron chi connectivity index (χ4n) is 1.65. The first-order chi connectivity index (χ1) is 6.52. The van der Waals surface area contributed by atoms with Crippen LogP contribution >= 0.6 is 0 Å². The summed E-state index contributed by atoms with van der Waals surface area (Å²) in [5.41, 5.74) is 0. The minimum absolute atomic E-state index is 0.224. The number of ketones is 1. The van der Waals surface area contributed by atoms with Crippen LogP contribution in [0.3, 0.4) is 0 Å². The molecule has 0 N–H and O–H groups in total. The Morgan fingerprint density at radius 3 is 2.50 bits per heavy atom. The lowest BCUT2D eigenvalue weighted by atomic mass is 10.1. The summed E-state index contributed by atoms with van der Waals surface area (Å²) in [5.74, 6) is -1.10. The highest BCUT2D eigenvalue weighted by molar-refractivity contribution is 6.35. The summed E-state index contributed by atoms with van der Waals surface area (Å²) in [7, 11) is 1.86. The van der Waals surface area contributed by atoms with Crippen LogP contribution in [-0.2, 0) is 14.3 Å². The number of likely N-dealkylation sites (tertiary alicyclic amines) is 1. The van der Waals surface area contributed by atoms with E-state index in [1.165, 1.54) is 0 Å². The van der Waals surface area contributed by atoms with Crippen LogP contribution in [0.5, 0.6) is 0 Å². The molecular formula is C10H17NO3. The van der Waals surface area contributed by atoms with Crippen molar-refractivity contribution in [1.29, 1.82) is 0 Å². The highest BCUT2D eigenvalue weighted by Crippen LogP contribution is 2.16. The molecule has 1 saturated heterocycles. The second kappa shape index (κ2) is 4.55. The van der Waals surface area contributed by atoms with Gasteiger partial charge >= 0.3 is 5.97 Å². The molecule has 0 saturated carbocycles. The van der Waals surface area contributed by atoms with Crippen LogP contribution in [0, 0.1) is 0 Å². The maximum absolute atomic E-state index is 11.6. The molecule has 0 aromatic heterocycles. The van der Waals surface area contributed by atoms with E-state index in [1.807, 2.05) is 11.9 Å². The molecule has 0 aromatic rings. The normalized spacial score (nSPS) is 22.7. The van der Waals surface area contributed by atoms with E-state index in [4.69, 9.17) is 4.74 Å². The molecule has 1 aliphatic rings. The van der Waals surface area contributed by atoms with Crippen molar-refractivity contribution in [3.05, 3.63) is 0 Å². The Labute approximate surface area is 84.2 Å². The molecule has 1 heterocycles. The summed E-state index contributed by atoms with van der Waals surface area (Å²) in [6.45, 7) is 4.36. The highest BCUT2D eigenvalue weighted by Gasteiger charge is 2.33. The maximum Gasteiger partial charge on any atom is 0.376 e. The van der Waals surface area contributed by atoms with Crippen LogP contribution in [0.2, 0.25) is 0 Å². The number of esters is 1. The summed E-state index contributed by atoms with van der Waals surface area (Å²) in [4.78, 5) is 24.8. The number of hydrogen-bond donors (Lipinski definition) is 0. The number of rotatable bonds is 3.